The van der Waals surface area contributed by atoms with Gasteiger partial charge in [0.05, 0.1) is 15.9 Å². The average Bonchev–Trinajstić information content (AvgIpc) is 2.28. The third kappa shape index (κ3) is 3.42. The van der Waals surface area contributed by atoms with E-state index in [4.69, 9.17) is 5.11 Å². The van der Waals surface area contributed by atoms with Crippen LogP contribution in [0, 0.1) is 20.2 Å². The number of aliphatic carboxylic acids is 1. The van der Waals surface area contributed by atoms with Crippen molar-refractivity contribution in [2.45, 2.75) is 17.1 Å². The molecule has 0 aliphatic rings. The third-order valence-corrected chi connectivity index (χ3v) is 3.02. The van der Waals surface area contributed by atoms with Gasteiger partial charge in [0.15, 0.2) is 0 Å². The second-order valence-corrected chi connectivity index (χ2v) is 4.71. The molecule has 1 atom stereocenters. The van der Waals surface area contributed by atoms with Gasteiger partial charge in [0.1, 0.15) is 5.25 Å². The summed E-state index contributed by atoms with van der Waals surface area (Å²) in [6.07, 6.45) is 0. The maximum absolute atomic E-state index is 10.7. The number of carboxylic acid groups (broad SMARTS) is 1. The van der Waals surface area contributed by atoms with Crippen molar-refractivity contribution in [3.05, 3.63) is 38.4 Å². The minimum absolute atomic E-state index is 0.172. The molecular weight excluding hydrogens is 264 g/mol. The van der Waals surface area contributed by atoms with Crippen LogP contribution in [0.15, 0.2) is 23.1 Å². The molecule has 0 bridgehead atoms. The highest BCUT2D eigenvalue weighted by Gasteiger charge is 2.19. The van der Waals surface area contributed by atoms with Crippen molar-refractivity contribution < 1.29 is 19.7 Å². The monoisotopic (exact) mass is 272 g/mol. The highest BCUT2D eigenvalue weighted by atomic mass is 32.2. The zero-order valence-corrected chi connectivity index (χ0v) is 9.92. The van der Waals surface area contributed by atoms with Crippen LogP contribution in [0.1, 0.15) is 6.92 Å². The molecule has 18 heavy (non-hydrogen) atoms. The average molecular weight is 272 g/mol. The number of hydrogen-bond acceptors (Lipinski definition) is 6. The molecule has 1 N–H and O–H groups in total. The predicted molar refractivity (Wildman–Crippen MR) is 62.7 cm³/mol. The summed E-state index contributed by atoms with van der Waals surface area (Å²) in [6.45, 7) is 1.39. The van der Waals surface area contributed by atoms with Crippen LogP contribution in [0.25, 0.3) is 0 Å². The predicted octanol–water partition coefficient (Wildman–Crippen LogP) is 2.07. The van der Waals surface area contributed by atoms with Crippen LogP contribution in [-0.4, -0.2) is 26.2 Å². The topological polar surface area (TPSA) is 124 Å². The molecule has 8 nitrogen and oxygen atoms in total. The zero-order chi connectivity index (χ0) is 13.9. The van der Waals surface area contributed by atoms with Crippen molar-refractivity contribution >= 4 is 29.1 Å². The Balaban J connectivity index is 3.15. The Hall–Kier alpha value is -2.16. The number of nitrogens with zero attached hydrogens (tertiary/aromatic N) is 2. The van der Waals surface area contributed by atoms with Gasteiger partial charge in [0, 0.05) is 17.0 Å². The van der Waals surface area contributed by atoms with Crippen LogP contribution in [0.4, 0.5) is 11.4 Å². The van der Waals surface area contributed by atoms with Crippen LogP contribution >= 0.6 is 11.8 Å². The lowest BCUT2D eigenvalue weighted by Crippen LogP contribution is -2.11. The SMILES string of the molecule is C[C@H](Sc1cc([N+](=O)[O-])cc([N+](=O)[O-])c1)C(=O)O. The maximum Gasteiger partial charge on any atom is 0.316 e. The second-order valence-electron chi connectivity index (χ2n) is 3.30. The lowest BCUT2D eigenvalue weighted by Gasteiger charge is -2.05. The van der Waals surface area contributed by atoms with Gasteiger partial charge in [-0.3, -0.25) is 25.0 Å². The number of hydrogen-bond donors (Lipinski definition) is 1. The fraction of sp³-hybridized carbons (Fsp3) is 0.222. The van der Waals surface area contributed by atoms with E-state index in [2.05, 4.69) is 0 Å². The van der Waals surface area contributed by atoms with Crippen LogP contribution in [0.2, 0.25) is 0 Å². The first-order valence-electron chi connectivity index (χ1n) is 4.64. The number of nitro benzene ring substituents is 2. The van der Waals surface area contributed by atoms with Crippen molar-refractivity contribution in [3.63, 3.8) is 0 Å². The Morgan fingerprint density at radius 1 is 1.22 bits per heavy atom. The zero-order valence-electron chi connectivity index (χ0n) is 9.10. The lowest BCUT2D eigenvalue weighted by molar-refractivity contribution is -0.394. The van der Waals surface area contributed by atoms with Gasteiger partial charge < -0.3 is 5.11 Å². The molecule has 0 aliphatic heterocycles. The summed E-state index contributed by atoms with van der Waals surface area (Å²) in [5.74, 6) is -1.10. The van der Waals surface area contributed by atoms with Gasteiger partial charge in [0.2, 0.25) is 0 Å². The van der Waals surface area contributed by atoms with E-state index in [1.807, 2.05) is 0 Å². The van der Waals surface area contributed by atoms with E-state index in [0.29, 0.717) is 0 Å². The molecule has 0 aromatic heterocycles. The van der Waals surface area contributed by atoms with Gasteiger partial charge in [0.25, 0.3) is 11.4 Å². The molecule has 0 radical (unpaired) electrons. The summed E-state index contributed by atoms with van der Waals surface area (Å²) in [6, 6.07) is 3.05. The van der Waals surface area contributed by atoms with Gasteiger partial charge in [-0.1, -0.05) is 0 Å². The number of nitro groups is 2. The first-order chi connectivity index (χ1) is 8.31. The summed E-state index contributed by atoms with van der Waals surface area (Å²) in [7, 11) is 0. The molecule has 1 aromatic carbocycles. The Morgan fingerprint density at radius 2 is 1.67 bits per heavy atom. The highest BCUT2D eigenvalue weighted by molar-refractivity contribution is 8.00. The van der Waals surface area contributed by atoms with E-state index >= 15 is 0 Å². The standard InChI is InChI=1S/C9H8N2O6S/c1-5(9(12)13)18-8-3-6(10(14)15)2-7(4-8)11(16)17/h2-5H,1H3,(H,12,13)/t5-/m0/s1. The fourth-order valence-corrected chi connectivity index (χ4v) is 1.99. The normalized spacial score (nSPS) is 11.8. The summed E-state index contributed by atoms with van der Waals surface area (Å²) < 4.78 is 0. The van der Waals surface area contributed by atoms with Crippen molar-refractivity contribution in [2.24, 2.45) is 0 Å². The molecule has 0 spiro atoms. The van der Waals surface area contributed by atoms with Crippen molar-refractivity contribution in [3.8, 4) is 0 Å². The van der Waals surface area contributed by atoms with Crippen LogP contribution in [-0.2, 0) is 4.79 Å². The van der Waals surface area contributed by atoms with Gasteiger partial charge in [-0.15, -0.1) is 11.8 Å². The summed E-state index contributed by atoms with van der Waals surface area (Å²) in [5.41, 5.74) is -0.881. The van der Waals surface area contributed by atoms with E-state index in [1.165, 1.54) is 6.92 Å². The molecule has 0 saturated heterocycles. The van der Waals surface area contributed by atoms with E-state index in [9.17, 15) is 25.0 Å². The number of thioether (sulfide) groups is 1. The summed E-state index contributed by atoms with van der Waals surface area (Å²) >= 11 is 0.806. The molecule has 0 heterocycles. The Kier molecular flexibility index (Phi) is 4.21. The van der Waals surface area contributed by atoms with Gasteiger partial charge in [-0.2, -0.15) is 0 Å². The van der Waals surface area contributed by atoms with Gasteiger partial charge in [-0.05, 0) is 6.92 Å². The molecular formula is C9H8N2O6S. The maximum atomic E-state index is 10.7. The van der Waals surface area contributed by atoms with Crippen molar-refractivity contribution in [2.75, 3.05) is 0 Å². The molecule has 0 amide bonds. The Labute approximate surface area is 105 Å². The summed E-state index contributed by atoms with van der Waals surface area (Å²) in [4.78, 5) is 30.5. The lowest BCUT2D eigenvalue weighted by atomic mass is 10.3. The van der Waals surface area contributed by atoms with Crippen LogP contribution < -0.4 is 0 Å². The molecule has 0 saturated carbocycles. The number of rotatable bonds is 5. The minimum Gasteiger partial charge on any atom is -0.480 e. The molecule has 96 valence electrons. The molecule has 0 fully saturated rings. The molecule has 0 unspecified atom stereocenters. The van der Waals surface area contributed by atoms with E-state index in [0.717, 1.165) is 30.0 Å². The molecule has 1 rings (SSSR count). The smallest absolute Gasteiger partial charge is 0.316 e. The Bertz CT molecular complexity index is 486. The van der Waals surface area contributed by atoms with E-state index < -0.39 is 32.4 Å². The first-order valence-corrected chi connectivity index (χ1v) is 5.52. The highest BCUT2D eigenvalue weighted by Crippen LogP contribution is 2.31. The second kappa shape index (κ2) is 5.45. The molecule has 0 aliphatic carbocycles. The largest absolute Gasteiger partial charge is 0.480 e. The minimum atomic E-state index is -1.10. The van der Waals surface area contributed by atoms with Crippen molar-refractivity contribution in [1.82, 2.24) is 0 Å². The Morgan fingerprint density at radius 3 is 2.00 bits per heavy atom. The molecule has 9 heteroatoms. The van der Waals surface area contributed by atoms with E-state index in [1.54, 1.807) is 0 Å². The van der Waals surface area contributed by atoms with Crippen LogP contribution in [0.5, 0.6) is 0 Å². The fourth-order valence-electron chi connectivity index (χ4n) is 1.10. The number of carbonyl (C=O) groups is 1. The number of benzene rings is 1. The van der Waals surface area contributed by atoms with E-state index in [-0.39, 0.29) is 4.90 Å². The van der Waals surface area contributed by atoms with Gasteiger partial charge >= 0.3 is 5.97 Å². The third-order valence-electron chi connectivity index (χ3n) is 1.96. The molecule has 1 aromatic rings. The quantitative estimate of drug-likeness (QED) is 0.494. The first kappa shape index (κ1) is 13.9. The number of non-ortho nitro benzene ring substituents is 2. The van der Waals surface area contributed by atoms with Crippen LogP contribution in [0.3, 0.4) is 0 Å². The van der Waals surface area contributed by atoms with Crippen molar-refractivity contribution in [1.29, 1.82) is 0 Å². The summed E-state index contributed by atoms with van der Waals surface area (Å²) in [5, 5.41) is 29.1. The van der Waals surface area contributed by atoms with Gasteiger partial charge in [-0.25, -0.2) is 0 Å². The number of carboxylic acids is 1.